The minimum absolute atomic E-state index is 0.0785. The number of ether oxygens (including phenoxy) is 1. The molecule has 29 heavy (non-hydrogen) atoms. The van der Waals surface area contributed by atoms with Gasteiger partial charge in [0.1, 0.15) is 11.6 Å². The Balaban J connectivity index is 1.45. The highest BCUT2D eigenvalue weighted by molar-refractivity contribution is 6.30. The molecule has 2 aliphatic heterocycles. The molecule has 5 rings (SSSR count). The van der Waals surface area contributed by atoms with Crippen molar-refractivity contribution in [2.75, 3.05) is 20.2 Å². The summed E-state index contributed by atoms with van der Waals surface area (Å²) >= 11 is 6.29. The van der Waals surface area contributed by atoms with Gasteiger partial charge in [-0.1, -0.05) is 17.7 Å². The Bertz CT molecular complexity index is 1010. The van der Waals surface area contributed by atoms with E-state index in [1.54, 1.807) is 7.11 Å². The summed E-state index contributed by atoms with van der Waals surface area (Å²) in [6, 6.07) is 12.2. The number of methoxy groups -OCH3 is 1. The third-order valence-electron chi connectivity index (χ3n) is 5.98. The molecule has 7 heteroatoms. The minimum atomic E-state index is 0.0785. The van der Waals surface area contributed by atoms with E-state index in [1.807, 2.05) is 30.5 Å². The lowest BCUT2D eigenvalue weighted by molar-refractivity contribution is 0.103. The number of hydrogen-bond donors (Lipinski definition) is 0. The second-order valence-electron chi connectivity index (χ2n) is 7.89. The van der Waals surface area contributed by atoms with E-state index in [4.69, 9.17) is 16.3 Å². The molecule has 0 spiro atoms. The summed E-state index contributed by atoms with van der Waals surface area (Å²) in [5.74, 6) is 2.36. The van der Waals surface area contributed by atoms with Gasteiger partial charge in [-0.05, 0) is 48.9 Å². The van der Waals surface area contributed by atoms with Crippen molar-refractivity contribution in [2.24, 2.45) is 0 Å². The Morgan fingerprint density at radius 2 is 2.10 bits per heavy atom. The van der Waals surface area contributed by atoms with Crippen LogP contribution in [-0.2, 0) is 24.1 Å². The van der Waals surface area contributed by atoms with Gasteiger partial charge in [0.2, 0.25) is 0 Å². The zero-order chi connectivity index (χ0) is 19.8. The van der Waals surface area contributed by atoms with Gasteiger partial charge in [-0.3, -0.25) is 14.5 Å². The molecule has 1 saturated heterocycles. The molecule has 4 heterocycles. The number of nitrogens with zero attached hydrogens (tertiary/aromatic N) is 5. The van der Waals surface area contributed by atoms with Crippen molar-refractivity contribution in [1.29, 1.82) is 0 Å². The standard InChI is InChI=1S/C22H24ClN5O/c1-29-19-11-16-10-17(23)5-6-20(16)28-21(12-19)25-26-22(28)15-7-9-27(13-15)14-18-4-2-3-8-24-18/h2-6,8,10,15,19H,7,9,11-14H2,1H3. The Morgan fingerprint density at radius 1 is 1.17 bits per heavy atom. The van der Waals surface area contributed by atoms with Crippen molar-refractivity contribution in [3.63, 3.8) is 0 Å². The maximum Gasteiger partial charge on any atom is 0.142 e. The largest absolute Gasteiger partial charge is 0.381 e. The van der Waals surface area contributed by atoms with Gasteiger partial charge in [0.15, 0.2) is 0 Å². The molecular weight excluding hydrogens is 386 g/mol. The first-order valence-corrected chi connectivity index (χ1v) is 10.5. The lowest BCUT2D eigenvalue weighted by Crippen LogP contribution is -2.21. The van der Waals surface area contributed by atoms with Crippen LogP contribution in [0, 0.1) is 0 Å². The van der Waals surface area contributed by atoms with Gasteiger partial charge < -0.3 is 4.74 Å². The van der Waals surface area contributed by atoms with Crippen LogP contribution in [0.15, 0.2) is 42.6 Å². The van der Waals surface area contributed by atoms with Crippen LogP contribution in [0.5, 0.6) is 0 Å². The topological polar surface area (TPSA) is 56.1 Å². The van der Waals surface area contributed by atoms with E-state index in [9.17, 15) is 0 Å². The van der Waals surface area contributed by atoms with Crippen LogP contribution in [0.3, 0.4) is 0 Å². The number of fused-ring (bicyclic) bond motifs is 3. The fourth-order valence-electron chi connectivity index (χ4n) is 4.52. The fourth-order valence-corrected chi connectivity index (χ4v) is 4.72. The van der Waals surface area contributed by atoms with E-state index >= 15 is 0 Å². The first-order valence-electron chi connectivity index (χ1n) is 10.1. The molecule has 1 fully saturated rings. The number of benzene rings is 1. The number of pyridine rings is 1. The Kier molecular flexibility index (Phi) is 5.08. The summed E-state index contributed by atoms with van der Waals surface area (Å²) in [6.07, 6.45) is 4.58. The first-order chi connectivity index (χ1) is 14.2. The molecular formula is C22H24ClN5O. The average Bonchev–Trinajstić information content (AvgIpc) is 3.32. The van der Waals surface area contributed by atoms with Crippen LogP contribution in [0.4, 0.5) is 0 Å². The molecule has 0 radical (unpaired) electrons. The van der Waals surface area contributed by atoms with E-state index < -0.39 is 0 Å². The van der Waals surface area contributed by atoms with Crippen LogP contribution in [0.25, 0.3) is 5.69 Å². The van der Waals surface area contributed by atoms with Gasteiger partial charge >= 0.3 is 0 Å². The molecule has 6 nitrogen and oxygen atoms in total. The van der Waals surface area contributed by atoms with Gasteiger partial charge in [0, 0.05) is 50.2 Å². The van der Waals surface area contributed by atoms with Crippen molar-refractivity contribution < 1.29 is 4.74 Å². The zero-order valence-corrected chi connectivity index (χ0v) is 17.2. The Hall–Kier alpha value is -2.28. The SMILES string of the molecule is COC1Cc2cc(Cl)ccc2-n2c(nnc2C2CCN(Cc3ccccn3)C2)C1. The number of halogens is 1. The van der Waals surface area contributed by atoms with Gasteiger partial charge in [-0.2, -0.15) is 0 Å². The molecule has 0 bridgehead atoms. The van der Waals surface area contributed by atoms with E-state index in [0.29, 0.717) is 5.92 Å². The highest BCUT2D eigenvalue weighted by Crippen LogP contribution is 2.33. The van der Waals surface area contributed by atoms with Crippen LogP contribution < -0.4 is 0 Å². The van der Waals surface area contributed by atoms with Crippen molar-refractivity contribution >= 4 is 11.6 Å². The second-order valence-corrected chi connectivity index (χ2v) is 8.33. The van der Waals surface area contributed by atoms with E-state index in [2.05, 4.69) is 36.8 Å². The van der Waals surface area contributed by atoms with Crippen molar-refractivity contribution in [1.82, 2.24) is 24.6 Å². The molecule has 0 saturated carbocycles. The summed E-state index contributed by atoms with van der Waals surface area (Å²) < 4.78 is 7.95. The number of hydrogen-bond acceptors (Lipinski definition) is 5. The van der Waals surface area contributed by atoms with Gasteiger partial charge in [0.05, 0.1) is 17.5 Å². The minimum Gasteiger partial charge on any atom is -0.381 e. The highest BCUT2D eigenvalue weighted by atomic mass is 35.5. The van der Waals surface area contributed by atoms with E-state index in [0.717, 1.165) is 66.9 Å². The summed E-state index contributed by atoms with van der Waals surface area (Å²) in [5.41, 5.74) is 3.43. The summed E-state index contributed by atoms with van der Waals surface area (Å²) in [6.45, 7) is 2.87. The molecule has 1 aromatic carbocycles. The quantitative estimate of drug-likeness (QED) is 0.660. The molecule has 2 atom stereocenters. The smallest absolute Gasteiger partial charge is 0.142 e. The molecule has 2 aromatic heterocycles. The number of rotatable bonds is 4. The van der Waals surface area contributed by atoms with Gasteiger partial charge in [-0.15, -0.1) is 10.2 Å². The highest BCUT2D eigenvalue weighted by Gasteiger charge is 2.32. The van der Waals surface area contributed by atoms with Crippen molar-refractivity contribution in [3.05, 3.63) is 70.5 Å². The number of aromatic nitrogens is 4. The zero-order valence-electron chi connectivity index (χ0n) is 16.5. The molecule has 0 amide bonds. The van der Waals surface area contributed by atoms with Crippen LogP contribution in [0.2, 0.25) is 5.02 Å². The van der Waals surface area contributed by atoms with E-state index in [-0.39, 0.29) is 6.10 Å². The predicted molar refractivity (Wildman–Crippen MR) is 111 cm³/mol. The predicted octanol–water partition coefficient (Wildman–Crippen LogP) is 3.42. The summed E-state index contributed by atoms with van der Waals surface area (Å²) in [5, 5.41) is 9.94. The monoisotopic (exact) mass is 409 g/mol. The van der Waals surface area contributed by atoms with Crippen LogP contribution >= 0.6 is 11.6 Å². The normalized spacial score (nSPS) is 21.6. The molecule has 150 valence electrons. The average molecular weight is 410 g/mol. The molecule has 0 aliphatic carbocycles. The second kappa shape index (κ2) is 7.86. The number of likely N-dealkylation sites (tertiary alicyclic amines) is 1. The third-order valence-corrected chi connectivity index (χ3v) is 6.21. The molecule has 2 unspecified atom stereocenters. The molecule has 3 aromatic rings. The van der Waals surface area contributed by atoms with Crippen molar-refractivity contribution in [3.8, 4) is 5.69 Å². The lowest BCUT2D eigenvalue weighted by Gasteiger charge is -2.17. The summed E-state index contributed by atoms with van der Waals surface area (Å²) in [4.78, 5) is 6.92. The van der Waals surface area contributed by atoms with Crippen LogP contribution in [-0.4, -0.2) is 51.0 Å². The fraction of sp³-hybridized carbons (Fsp3) is 0.409. The summed E-state index contributed by atoms with van der Waals surface area (Å²) in [7, 11) is 1.76. The maximum atomic E-state index is 6.29. The Labute approximate surface area is 175 Å². The molecule has 2 aliphatic rings. The lowest BCUT2D eigenvalue weighted by atomic mass is 10.0. The first kappa shape index (κ1) is 18.7. The van der Waals surface area contributed by atoms with E-state index in [1.165, 1.54) is 5.56 Å². The van der Waals surface area contributed by atoms with Gasteiger partial charge in [0.25, 0.3) is 0 Å². The third kappa shape index (κ3) is 3.68. The van der Waals surface area contributed by atoms with Crippen LogP contribution in [0.1, 0.15) is 35.2 Å². The van der Waals surface area contributed by atoms with Crippen molar-refractivity contribution in [2.45, 2.75) is 37.8 Å². The maximum absolute atomic E-state index is 6.29. The molecule has 0 N–H and O–H groups in total. The Morgan fingerprint density at radius 3 is 2.93 bits per heavy atom. The van der Waals surface area contributed by atoms with Gasteiger partial charge in [-0.25, -0.2) is 0 Å².